The van der Waals surface area contributed by atoms with Gasteiger partial charge in [-0.3, -0.25) is 4.79 Å². The van der Waals surface area contributed by atoms with Crippen LogP contribution in [0.4, 0.5) is 0 Å². The molecule has 1 saturated heterocycles. The second-order valence-corrected chi connectivity index (χ2v) is 6.04. The molecule has 5 heteroatoms. The van der Waals surface area contributed by atoms with Gasteiger partial charge in [-0.25, -0.2) is 0 Å². The number of amides is 1. The highest BCUT2D eigenvalue weighted by Gasteiger charge is 2.16. The first-order valence-electron chi connectivity index (χ1n) is 8.00. The number of hydrogen-bond acceptors (Lipinski definition) is 4. The summed E-state index contributed by atoms with van der Waals surface area (Å²) >= 11 is 0. The van der Waals surface area contributed by atoms with E-state index in [0.29, 0.717) is 11.5 Å². The Morgan fingerprint density at radius 3 is 2.48 bits per heavy atom. The molecule has 0 radical (unpaired) electrons. The van der Waals surface area contributed by atoms with Crippen LogP contribution in [0.1, 0.15) is 19.4 Å². The van der Waals surface area contributed by atoms with Crippen LogP contribution in [0.5, 0.6) is 11.5 Å². The van der Waals surface area contributed by atoms with Gasteiger partial charge in [-0.15, -0.1) is 0 Å². The highest BCUT2D eigenvalue weighted by molar-refractivity contribution is 5.92. The summed E-state index contributed by atoms with van der Waals surface area (Å²) in [6.45, 7) is 7.36. The molecular formula is C18H26N2O3. The number of hydrogen-bond donors (Lipinski definition) is 0. The van der Waals surface area contributed by atoms with Gasteiger partial charge in [-0.2, -0.15) is 0 Å². The average Bonchev–Trinajstić information content (AvgIpc) is 2.53. The Kier molecular flexibility index (Phi) is 6.04. The van der Waals surface area contributed by atoms with Crippen LogP contribution in [-0.4, -0.2) is 62.1 Å². The minimum absolute atomic E-state index is 0.0552. The van der Waals surface area contributed by atoms with Crippen LogP contribution in [-0.2, 0) is 4.79 Å². The second-order valence-electron chi connectivity index (χ2n) is 6.04. The fourth-order valence-corrected chi connectivity index (χ4v) is 2.44. The Morgan fingerprint density at radius 1 is 1.17 bits per heavy atom. The van der Waals surface area contributed by atoms with Crippen LogP contribution in [0.2, 0.25) is 0 Å². The summed E-state index contributed by atoms with van der Waals surface area (Å²) < 4.78 is 11.1. The van der Waals surface area contributed by atoms with E-state index in [2.05, 4.69) is 11.9 Å². The Balaban J connectivity index is 2.03. The predicted molar refractivity (Wildman–Crippen MR) is 91.9 cm³/mol. The molecule has 1 amide bonds. The molecule has 1 fully saturated rings. The third kappa shape index (κ3) is 4.99. The lowest BCUT2D eigenvalue weighted by atomic mass is 10.1. The summed E-state index contributed by atoms with van der Waals surface area (Å²) in [6.07, 6.45) is 3.54. The molecule has 0 saturated carbocycles. The van der Waals surface area contributed by atoms with Crippen LogP contribution >= 0.6 is 0 Å². The highest BCUT2D eigenvalue weighted by Crippen LogP contribution is 2.29. The normalized spacial score (nSPS) is 16.1. The fourth-order valence-electron chi connectivity index (χ4n) is 2.44. The lowest BCUT2D eigenvalue weighted by molar-refractivity contribution is -0.127. The Labute approximate surface area is 138 Å². The van der Waals surface area contributed by atoms with Crippen molar-refractivity contribution in [3.63, 3.8) is 0 Å². The van der Waals surface area contributed by atoms with E-state index in [1.807, 2.05) is 43.0 Å². The Hall–Kier alpha value is -2.01. The maximum atomic E-state index is 12.2. The highest BCUT2D eigenvalue weighted by atomic mass is 16.5. The van der Waals surface area contributed by atoms with Crippen LogP contribution in [0.25, 0.3) is 6.08 Å². The molecule has 0 spiro atoms. The topological polar surface area (TPSA) is 42.0 Å². The molecule has 1 aliphatic rings. The van der Waals surface area contributed by atoms with Gasteiger partial charge in [-0.05, 0) is 44.7 Å². The quantitative estimate of drug-likeness (QED) is 0.781. The van der Waals surface area contributed by atoms with Crippen molar-refractivity contribution in [2.75, 3.05) is 40.3 Å². The number of ether oxygens (including phenoxy) is 2. The van der Waals surface area contributed by atoms with Crippen LogP contribution in [0, 0.1) is 0 Å². The third-order valence-electron chi connectivity index (χ3n) is 3.78. The van der Waals surface area contributed by atoms with Crippen molar-refractivity contribution in [3.05, 3.63) is 29.8 Å². The summed E-state index contributed by atoms with van der Waals surface area (Å²) in [5, 5.41) is 0. The second kappa shape index (κ2) is 8.02. The smallest absolute Gasteiger partial charge is 0.246 e. The number of carbonyl (C=O) groups is 1. The van der Waals surface area contributed by atoms with E-state index in [9.17, 15) is 4.79 Å². The van der Waals surface area contributed by atoms with E-state index in [0.717, 1.165) is 31.7 Å². The Morgan fingerprint density at radius 2 is 1.87 bits per heavy atom. The third-order valence-corrected chi connectivity index (χ3v) is 3.78. The molecule has 0 bridgehead atoms. The number of carbonyl (C=O) groups excluding carboxylic acids is 1. The fraction of sp³-hybridized carbons (Fsp3) is 0.500. The summed E-state index contributed by atoms with van der Waals surface area (Å²) in [7, 11) is 3.69. The molecule has 0 aromatic heterocycles. The molecule has 5 nitrogen and oxygen atoms in total. The molecule has 1 aromatic rings. The van der Waals surface area contributed by atoms with Crippen molar-refractivity contribution in [3.8, 4) is 11.5 Å². The van der Waals surface area contributed by atoms with Gasteiger partial charge in [0.15, 0.2) is 11.5 Å². The van der Waals surface area contributed by atoms with Gasteiger partial charge >= 0.3 is 0 Å². The van der Waals surface area contributed by atoms with E-state index in [1.165, 1.54) is 0 Å². The van der Waals surface area contributed by atoms with Gasteiger partial charge in [-0.1, -0.05) is 6.07 Å². The largest absolute Gasteiger partial charge is 0.493 e. The number of nitrogens with zero attached hydrogens (tertiary/aromatic N) is 2. The molecule has 0 N–H and O–H groups in total. The lowest BCUT2D eigenvalue weighted by Crippen LogP contribution is -2.46. The van der Waals surface area contributed by atoms with Crippen molar-refractivity contribution in [2.24, 2.45) is 0 Å². The number of likely N-dealkylation sites (N-methyl/N-ethyl adjacent to an activating group) is 1. The van der Waals surface area contributed by atoms with Gasteiger partial charge < -0.3 is 19.3 Å². The maximum absolute atomic E-state index is 12.2. The summed E-state index contributed by atoms with van der Waals surface area (Å²) in [6, 6.07) is 5.68. The van der Waals surface area contributed by atoms with Crippen LogP contribution in [0.15, 0.2) is 24.3 Å². The van der Waals surface area contributed by atoms with E-state index in [4.69, 9.17) is 9.47 Å². The first kappa shape index (κ1) is 17.3. The zero-order valence-electron chi connectivity index (χ0n) is 14.4. The number of benzene rings is 1. The van der Waals surface area contributed by atoms with E-state index in [1.54, 1.807) is 13.2 Å². The average molecular weight is 318 g/mol. The predicted octanol–water partition coefficient (Wildman–Crippen LogP) is 2.27. The number of piperazine rings is 1. The van der Waals surface area contributed by atoms with Gasteiger partial charge in [0.05, 0.1) is 13.2 Å². The van der Waals surface area contributed by atoms with Crippen LogP contribution < -0.4 is 9.47 Å². The summed E-state index contributed by atoms with van der Waals surface area (Å²) in [5.74, 6) is 1.44. The maximum Gasteiger partial charge on any atom is 0.246 e. The first-order valence-corrected chi connectivity index (χ1v) is 8.00. The molecule has 1 heterocycles. The van der Waals surface area contributed by atoms with Crippen LogP contribution in [0.3, 0.4) is 0 Å². The number of methoxy groups -OCH3 is 1. The molecular weight excluding hydrogens is 292 g/mol. The lowest BCUT2D eigenvalue weighted by Gasteiger charge is -2.31. The zero-order valence-corrected chi connectivity index (χ0v) is 14.4. The van der Waals surface area contributed by atoms with Gasteiger partial charge in [0.2, 0.25) is 5.91 Å². The van der Waals surface area contributed by atoms with Crippen molar-refractivity contribution in [1.82, 2.24) is 9.80 Å². The molecule has 23 heavy (non-hydrogen) atoms. The van der Waals surface area contributed by atoms with Crippen molar-refractivity contribution in [2.45, 2.75) is 20.0 Å². The molecule has 126 valence electrons. The van der Waals surface area contributed by atoms with Gasteiger partial charge in [0.1, 0.15) is 0 Å². The molecule has 1 aliphatic heterocycles. The van der Waals surface area contributed by atoms with Crippen molar-refractivity contribution in [1.29, 1.82) is 0 Å². The molecule has 1 aromatic carbocycles. The number of rotatable bonds is 5. The summed E-state index contributed by atoms with van der Waals surface area (Å²) in [4.78, 5) is 16.3. The monoisotopic (exact) mass is 318 g/mol. The minimum Gasteiger partial charge on any atom is -0.493 e. The standard InChI is InChI=1S/C18H26N2O3/c1-14(2)23-16-7-5-15(13-17(16)22-4)6-8-18(21)20-11-9-19(3)10-12-20/h5-8,13-14H,9-12H2,1-4H3/b8-6+. The molecule has 0 atom stereocenters. The van der Waals surface area contributed by atoms with E-state index in [-0.39, 0.29) is 12.0 Å². The minimum atomic E-state index is 0.0552. The Bertz CT molecular complexity index is 561. The van der Waals surface area contributed by atoms with Crippen molar-refractivity contribution >= 4 is 12.0 Å². The molecule has 2 rings (SSSR count). The van der Waals surface area contributed by atoms with E-state index < -0.39 is 0 Å². The zero-order chi connectivity index (χ0) is 16.8. The first-order chi connectivity index (χ1) is 11.0. The van der Waals surface area contributed by atoms with Gasteiger partial charge in [0.25, 0.3) is 0 Å². The SMILES string of the molecule is COc1cc(/C=C/C(=O)N2CCN(C)CC2)ccc1OC(C)C. The van der Waals surface area contributed by atoms with Crippen molar-refractivity contribution < 1.29 is 14.3 Å². The molecule has 0 aliphatic carbocycles. The summed E-state index contributed by atoms with van der Waals surface area (Å²) in [5.41, 5.74) is 0.917. The van der Waals surface area contributed by atoms with E-state index >= 15 is 0 Å². The van der Waals surface area contributed by atoms with Gasteiger partial charge in [0, 0.05) is 32.3 Å². The molecule has 0 unspecified atom stereocenters.